The summed E-state index contributed by atoms with van der Waals surface area (Å²) >= 11 is 9.63. The van der Waals surface area contributed by atoms with Crippen LogP contribution in [0.2, 0.25) is 5.02 Å². The second-order valence-corrected chi connectivity index (χ2v) is 5.83. The normalized spacial score (nSPS) is 13.2. The molecule has 0 nitrogen and oxygen atoms in total. The molecule has 5 heteroatoms. The zero-order valence-electron chi connectivity index (χ0n) is 11.0. The second kappa shape index (κ2) is 6.84. The van der Waals surface area contributed by atoms with Crippen LogP contribution in [0.15, 0.2) is 48.5 Å². The predicted octanol–water partition coefficient (Wildman–Crippen LogP) is 6.08. The van der Waals surface area contributed by atoms with Crippen molar-refractivity contribution < 1.29 is 13.2 Å². The highest BCUT2D eigenvalue weighted by Gasteiger charge is 2.30. The molecule has 0 bridgehead atoms. The van der Waals surface area contributed by atoms with E-state index in [4.69, 9.17) is 11.6 Å². The number of rotatable bonds is 4. The molecule has 0 aliphatic heterocycles. The van der Waals surface area contributed by atoms with Crippen molar-refractivity contribution in [3.05, 3.63) is 70.2 Å². The van der Waals surface area contributed by atoms with Gasteiger partial charge in [0.25, 0.3) is 0 Å². The molecule has 2 aromatic rings. The summed E-state index contributed by atoms with van der Waals surface area (Å²) in [6.45, 7) is 0. The van der Waals surface area contributed by atoms with Crippen molar-refractivity contribution in [3.8, 4) is 0 Å². The first-order valence-corrected chi connectivity index (χ1v) is 7.88. The Kier molecular flexibility index (Phi) is 5.33. The van der Waals surface area contributed by atoms with E-state index in [9.17, 15) is 13.2 Å². The van der Waals surface area contributed by atoms with Crippen LogP contribution < -0.4 is 0 Å². The van der Waals surface area contributed by atoms with Crippen LogP contribution in [0.3, 0.4) is 0 Å². The van der Waals surface area contributed by atoms with Crippen LogP contribution in [0.5, 0.6) is 0 Å². The number of alkyl halides is 4. The van der Waals surface area contributed by atoms with Crippen LogP contribution in [0.25, 0.3) is 0 Å². The van der Waals surface area contributed by atoms with Gasteiger partial charge in [0.2, 0.25) is 0 Å². The average molecular weight is 378 g/mol. The van der Waals surface area contributed by atoms with Crippen molar-refractivity contribution in [3.63, 3.8) is 0 Å². The maximum atomic E-state index is 12.5. The molecule has 0 aromatic heterocycles. The highest BCUT2D eigenvalue weighted by atomic mass is 79.9. The van der Waals surface area contributed by atoms with Crippen LogP contribution in [0.1, 0.15) is 22.6 Å². The van der Waals surface area contributed by atoms with E-state index in [0.717, 1.165) is 23.3 Å². The zero-order chi connectivity index (χ0) is 15.5. The minimum Gasteiger partial charge on any atom is -0.166 e. The van der Waals surface area contributed by atoms with Crippen LogP contribution in [0.4, 0.5) is 13.2 Å². The van der Waals surface area contributed by atoms with Gasteiger partial charge in [0, 0.05) is 10.4 Å². The Hall–Kier alpha value is -1.00. The third kappa shape index (κ3) is 4.24. The summed E-state index contributed by atoms with van der Waals surface area (Å²) in [5, 5.41) is 1.37. The van der Waals surface area contributed by atoms with Gasteiger partial charge in [-0.05, 0) is 41.7 Å². The Balaban J connectivity index is 2.18. The van der Waals surface area contributed by atoms with Gasteiger partial charge in [-0.2, -0.15) is 13.2 Å². The van der Waals surface area contributed by atoms with E-state index in [2.05, 4.69) is 15.9 Å². The maximum absolute atomic E-state index is 12.5. The standard InChI is InChI=1S/C16H13BrClF3/c17-10-12(14-3-1-2-4-15(14)18)9-11-5-7-13(8-6-11)16(19,20)21/h1-8,12H,9-10H2. The molecular weight excluding hydrogens is 365 g/mol. The summed E-state index contributed by atoms with van der Waals surface area (Å²) in [7, 11) is 0. The van der Waals surface area contributed by atoms with Crippen molar-refractivity contribution in [2.24, 2.45) is 0 Å². The van der Waals surface area contributed by atoms with Crippen molar-refractivity contribution >= 4 is 27.5 Å². The molecule has 0 fully saturated rings. The fourth-order valence-corrected chi connectivity index (χ4v) is 3.04. The van der Waals surface area contributed by atoms with E-state index in [1.165, 1.54) is 12.1 Å². The third-order valence-corrected chi connectivity index (χ3v) is 4.42. The minimum atomic E-state index is -4.30. The first-order valence-electron chi connectivity index (χ1n) is 6.38. The van der Waals surface area contributed by atoms with Crippen molar-refractivity contribution in [1.82, 2.24) is 0 Å². The molecule has 0 heterocycles. The topological polar surface area (TPSA) is 0 Å². The van der Waals surface area contributed by atoms with Gasteiger partial charge >= 0.3 is 6.18 Å². The molecule has 21 heavy (non-hydrogen) atoms. The van der Waals surface area contributed by atoms with E-state index >= 15 is 0 Å². The molecule has 0 spiro atoms. The highest BCUT2D eigenvalue weighted by molar-refractivity contribution is 9.09. The molecule has 112 valence electrons. The lowest BCUT2D eigenvalue weighted by atomic mass is 9.93. The summed E-state index contributed by atoms with van der Waals surface area (Å²) in [4.78, 5) is 0. The monoisotopic (exact) mass is 376 g/mol. The van der Waals surface area contributed by atoms with Gasteiger partial charge in [-0.15, -0.1) is 0 Å². The number of hydrogen-bond acceptors (Lipinski definition) is 0. The molecule has 0 N–H and O–H groups in total. The Bertz CT molecular complexity index is 593. The lowest BCUT2D eigenvalue weighted by molar-refractivity contribution is -0.137. The largest absolute Gasteiger partial charge is 0.416 e. The lowest BCUT2D eigenvalue weighted by Crippen LogP contribution is -2.07. The SMILES string of the molecule is FC(F)(F)c1ccc(CC(CBr)c2ccccc2Cl)cc1. The lowest BCUT2D eigenvalue weighted by Gasteiger charge is -2.16. The van der Waals surface area contributed by atoms with Gasteiger partial charge < -0.3 is 0 Å². The third-order valence-electron chi connectivity index (χ3n) is 3.29. The van der Waals surface area contributed by atoms with E-state index in [-0.39, 0.29) is 5.92 Å². The predicted molar refractivity (Wildman–Crippen MR) is 83.1 cm³/mol. The van der Waals surface area contributed by atoms with Gasteiger partial charge in [0.05, 0.1) is 5.56 Å². The van der Waals surface area contributed by atoms with Gasteiger partial charge in [-0.3, -0.25) is 0 Å². The van der Waals surface area contributed by atoms with Gasteiger partial charge in [0.15, 0.2) is 0 Å². The molecule has 0 aliphatic rings. The average Bonchev–Trinajstić information content (AvgIpc) is 2.45. The zero-order valence-corrected chi connectivity index (χ0v) is 13.3. The van der Waals surface area contributed by atoms with Gasteiger partial charge in [-0.25, -0.2) is 0 Å². The van der Waals surface area contributed by atoms with Crippen molar-refractivity contribution in [2.75, 3.05) is 5.33 Å². The molecule has 1 atom stereocenters. The Labute approximate surface area is 135 Å². The number of hydrogen-bond donors (Lipinski definition) is 0. The van der Waals surface area contributed by atoms with Crippen LogP contribution in [0, 0.1) is 0 Å². The van der Waals surface area contributed by atoms with Crippen LogP contribution in [-0.4, -0.2) is 5.33 Å². The van der Waals surface area contributed by atoms with Crippen LogP contribution in [-0.2, 0) is 12.6 Å². The van der Waals surface area contributed by atoms with E-state index < -0.39 is 11.7 Å². The summed E-state index contributed by atoms with van der Waals surface area (Å²) in [5.41, 5.74) is 1.22. The summed E-state index contributed by atoms with van der Waals surface area (Å²) in [6, 6.07) is 12.8. The molecule has 0 amide bonds. The summed E-state index contributed by atoms with van der Waals surface area (Å²) < 4.78 is 37.6. The fraction of sp³-hybridized carbons (Fsp3) is 0.250. The van der Waals surface area contributed by atoms with Crippen molar-refractivity contribution in [1.29, 1.82) is 0 Å². The smallest absolute Gasteiger partial charge is 0.166 e. The maximum Gasteiger partial charge on any atom is 0.416 e. The number of halogens is 5. The first-order chi connectivity index (χ1) is 9.91. The van der Waals surface area contributed by atoms with Crippen molar-refractivity contribution in [2.45, 2.75) is 18.5 Å². The van der Waals surface area contributed by atoms with E-state index in [1.807, 2.05) is 24.3 Å². The Morgan fingerprint density at radius 1 is 1.00 bits per heavy atom. The molecular formula is C16H13BrClF3. The number of benzene rings is 2. The molecule has 2 rings (SSSR count). The molecule has 0 saturated heterocycles. The summed E-state index contributed by atoms with van der Waals surface area (Å²) in [5.74, 6) is 0.121. The van der Waals surface area contributed by atoms with E-state index in [1.54, 1.807) is 0 Å². The molecule has 0 aliphatic carbocycles. The van der Waals surface area contributed by atoms with Crippen LogP contribution >= 0.6 is 27.5 Å². The highest BCUT2D eigenvalue weighted by Crippen LogP contribution is 2.31. The second-order valence-electron chi connectivity index (χ2n) is 4.77. The first kappa shape index (κ1) is 16.4. The molecule has 0 radical (unpaired) electrons. The Morgan fingerprint density at radius 3 is 2.14 bits per heavy atom. The molecule has 0 saturated carbocycles. The quantitative estimate of drug-likeness (QED) is 0.566. The molecule has 2 aromatic carbocycles. The van der Waals surface area contributed by atoms with Gasteiger partial charge in [-0.1, -0.05) is 57.9 Å². The van der Waals surface area contributed by atoms with E-state index in [0.29, 0.717) is 16.8 Å². The summed E-state index contributed by atoms with van der Waals surface area (Å²) in [6.07, 6.45) is -3.66. The van der Waals surface area contributed by atoms with Gasteiger partial charge in [0.1, 0.15) is 0 Å². The molecule has 1 unspecified atom stereocenters. The Morgan fingerprint density at radius 2 is 1.62 bits per heavy atom. The minimum absolute atomic E-state index is 0.121. The fourth-order valence-electron chi connectivity index (χ4n) is 2.17.